The highest BCUT2D eigenvalue weighted by Gasteiger charge is 2.26. The summed E-state index contributed by atoms with van der Waals surface area (Å²) in [6, 6.07) is 0.402. The maximum Gasteiger partial charge on any atom is 0.313 e. The fourth-order valence-electron chi connectivity index (χ4n) is 1.56. The summed E-state index contributed by atoms with van der Waals surface area (Å²) in [6.45, 7) is 4.57. The summed E-state index contributed by atoms with van der Waals surface area (Å²) in [5, 5.41) is 0. The van der Waals surface area contributed by atoms with Gasteiger partial charge >= 0.3 is 5.97 Å². The molecular formula is C14H15F3O4. The average molecular weight is 304 g/mol. The molecule has 0 spiro atoms. The summed E-state index contributed by atoms with van der Waals surface area (Å²) in [5.74, 6) is -7.15. The first kappa shape index (κ1) is 17.0. The van der Waals surface area contributed by atoms with E-state index in [1.165, 1.54) is 20.8 Å². The Balaban J connectivity index is 3.16. The number of rotatable bonds is 6. The minimum absolute atomic E-state index is 0.0497. The third kappa shape index (κ3) is 4.21. The van der Waals surface area contributed by atoms with E-state index in [0.717, 1.165) is 0 Å². The Morgan fingerprint density at radius 1 is 1.19 bits per heavy atom. The molecule has 0 radical (unpaired) electrons. The first-order valence-electron chi connectivity index (χ1n) is 6.30. The minimum Gasteiger partial charge on any atom is -0.485 e. The Bertz CT molecular complexity index is 556. The lowest BCUT2D eigenvalue weighted by Gasteiger charge is -2.14. The van der Waals surface area contributed by atoms with Gasteiger partial charge in [-0.3, -0.25) is 9.59 Å². The van der Waals surface area contributed by atoms with Gasteiger partial charge in [0, 0.05) is 0 Å². The molecule has 0 aromatic heterocycles. The van der Waals surface area contributed by atoms with Crippen molar-refractivity contribution in [3.05, 3.63) is 29.1 Å². The summed E-state index contributed by atoms with van der Waals surface area (Å²) in [7, 11) is 0. The van der Waals surface area contributed by atoms with Gasteiger partial charge in [0.25, 0.3) is 0 Å². The van der Waals surface area contributed by atoms with Gasteiger partial charge < -0.3 is 9.47 Å². The summed E-state index contributed by atoms with van der Waals surface area (Å²) in [4.78, 5) is 23.0. The fourth-order valence-corrected chi connectivity index (χ4v) is 1.56. The van der Waals surface area contributed by atoms with Gasteiger partial charge in [0.2, 0.25) is 5.82 Å². The Hall–Kier alpha value is -2.05. The number of esters is 1. The summed E-state index contributed by atoms with van der Waals surface area (Å²) in [5.41, 5.74) is -0.752. The highest BCUT2D eigenvalue weighted by atomic mass is 19.2. The molecule has 21 heavy (non-hydrogen) atoms. The van der Waals surface area contributed by atoms with Crippen molar-refractivity contribution in [1.29, 1.82) is 0 Å². The molecule has 1 aromatic carbocycles. The Labute approximate surface area is 119 Å². The quantitative estimate of drug-likeness (QED) is 0.351. The first-order valence-corrected chi connectivity index (χ1v) is 6.30. The minimum atomic E-state index is -1.52. The molecule has 116 valence electrons. The standard InChI is InChI=1S/C14H15F3O4/c1-4-20-11(19)6-10(18)8-5-9(15)13(17)14(12(8)16)21-7(2)3/h5,7H,4,6H2,1-3H3. The molecule has 0 atom stereocenters. The van der Waals surface area contributed by atoms with Crippen LogP contribution in [0.2, 0.25) is 0 Å². The highest BCUT2D eigenvalue weighted by molar-refractivity contribution is 6.06. The van der Waals surface area contributed by atoms with Crippen LogP contribution in [0.4, 0.5) is 13.2 Å². The molecule has 0 bridgehead atoms. The molecule has 0 amide bonds. The summed E-state index contributed by atoms with van der Waals surface area (Å²) < 4.78 is 50.4. The number of hydrogen-bond acceptors (Lipinski definition) is 4. The van der Waals surface area contributed by atoms with Gasteiger partial charge in [0.15, 0.2) is 23.2 Å². The Morgan fingerprint density at radius 2 is 1.81 bits per heavy atom. The zero-order chi connectivity index (χ0) is 16.2. The van der Waals surface area contributed by atoms with Crippen LogP contribution in [-0.4, -0.2) is 24.5 Å². The Morgan fingerprint density at radius 3 is 2.33 bits per heavy atom. The second kappa shape index (κ2) is 7.10. The number of ether oxygens (including phenoxy) is 2. The van der Waals surface area contributed by atoms with E-state index in [1.54, 1.807) is 0 Å². The lowest BCUT2D eigenvalue weighted by molar-refractivity contribution is -0.141. The number of halogens is 3. The maximum atomic E-state index is 14.1. The van der Waals surface area contributed by atoms with Gasteiger partial charge in [0.1, 0.15) is 6.42 Å². The van der Waals surface area contributed by atoms with Gasteiger partial charge in [-0.25, -0.2) is 8.78 Å². The van der Waals surface area contributed by atoms with Crippen molar-refractivity contribution >= 4 is 11.8 Å². The molecule has 0 aliphatic heterocycles. The van der Waals surface area contributed by atoms with E-state index in [1.807, 2.05) is 0 Å². The summed E-state index contributed by atoms with van der Waals surface area (Å²) in [6.07, 6.45) is -1.39. The number of carbonyl (C=O) groups excluding carboxylic acids is 2. The van der Waals surface area contributed by atoms with Gasteiger partial charge in [-0.15, -0.1) is 0 Å². The van der Waals surface area contributed by atoms with E-state index >= 15 is 0 Å². The SMILES string of the molecule is CCOC(=O)CC(=O)c1cc(F)c(F)c(OC(C)C)c1F. The third-order valence-corrected chi connectivity index (χ3v) is 2.38. The van der Waals surface area contributed by atoms with Crippen LogP contribution in [0.15, 0.2) is 6.07 Å². The lowest BCUT2D eigenvalue weighted by Crippen LogP contribution is -2.16. The highest BCUT2D eigenvalue weighted by Crippen LogP contribution is 2.29. The molecular weight excluding hydrogens is 289 g/mol. The van der Waals surface area contributed by atoms with Crippen LogP contribution in [0.3, 0.4) is 0 Å². The van der Waals surface area contributed by atoms with Crippen LogP contribution >= 0.6 is 0 Å². The number of ketones is 1. The van der Waals surface area contributed by atoms with Crippen molar-refractivity contribution in [1.82, 2.24) is 0 Å². The predicted molar refractivity (Wildman–Crippen MR) is 67.7 cm³/mol. The molecule has 0 aliphatic carbocycles. The van der Waals surface area contributed by atoms with E-state index in [4.69, 9.17) is 4.74 Å². The number of carbonyl (C=O) groups is 2. The average Bonchev–Trinajstić information content (AvgIpc) is 2.38. The van der Waals surface area contributed by atoms with Crippen LogP contribution in [0.25, 0.3) is 0 Å². The molecule has 1 aromatic rings. The number of hydrogen-bond donors (Lipinski definition) is 0. The second-order valence-electron chi connectivity index (χ2n) is 4.43. The number of Topliss-reactive ketones (excluding diaryl/α,β-unsaturated/α-hetero) is 1. The number of benzene rings is 1. The molecule has 0 unspecified atom stereocenters. The molecule has 0 heterocycles. The van der Waals surface area contributed by atoms with Crippen LogP contribution in [0.5, 0.6) is 5.75 Å². The normalized spacial score (nSPS) is 10.6. The summed E-state index contributed by atoms with van der Waals surface area (Å²) >= 11 is 0. The van der Waals surface area contributed by atoms with Crippen LogP contribution in [0, 0.1) is 17.5 Å². The van der Waals surface area contributed by atoms with Crippen molar-refractivity contribution in [2.75, 3.05) is 6.61 Å². The van der Waals surface area contributed by atoms with Crippen molar-refractivity contribution < 1.29 is 32.2 Å². The molecule has 7 heteroatoms. The molecule has 0 saturated carbocycles. The van der Waals surface area contributed by atoms with E-state index in [0.29, 0.717) is 6.07 Å². The van der Waals surface area contributed by atoms with Gasteiger partial charge in [-0.2, -0.15) is 4.39 Å². The fraction of sp³-hybridized carbons (Fsp3) is 0.429. The second-order valence-corrected chi connectivity index (χ2v) is 4.43. The van der Waals surface area contributed by atoms with Crippen molar-refractivity contribution in [2.45, 2.75) is 33.3 Å². The van der Waals surface area contributed by atoms with E-state index in [2.05, 4.69) is 4.74 Å². The van der Waals surface area contributed by atoms with Gasteiger partial charge in [-0.05, 0) is 26.8 Å². The molecule has 0 saturated heterocycles. The predicted octanol–water partition coefficient (Wildman–Crippen LogP) is 3.03. The van der Waals surface area contributed by atoms with Crippen LogP contribution < -0.4 is 4.74 Å². The zero-order valence-corrected chi connectivity index (χ0v) is 11.8. The molecule has 4 nitrogen and oxygen atoms in total. The molecule has 1 rings (SSSR count). The molecule has 0 fully saturated rings. The first-order chi connectivity index (χ1) is 9.77. The van der Waals surface area contributed by atoms with Crippen molar-refractivity contribution in [2.24, 2.45) is 0 Å². The van der Waals surface area contributed by atoms with Crippen LogP contribution in [0.1, 0.15) is 37.6 Å². The van der Waals surface area contributed by atoms with E-state index in [9.17, 15) is 22.8 Å². The monoisotopic (exact) mass is 304 g/mol. The van der Waals surface area contributed by atoms with Crippen molar-refractivity contribution in [3.63, 3.8) is 0 Å². The smallest absolute Gasteiger partial charge is 0.313 e. The lowest BCUT2D eigenvalue weighted by atomic mass is 10.1. The topological polar surface area (TPSA) is 52.6 Å². The van der Waals surface area contributed by atoms with Gasteiger partial charge in [-0.1, -0.05) is 0 Å². The largest absolute Gasteiger partial charge is 0.485 e. The molecule has 0 aliphatic rings. The van der Waals surface area contributed by atoms with Gasteiger partial charge in [0.05, 0.1) is 18.3 Å². The Kier molecular flexibility index (Phi) is 5.75. The van der Waals surface area contributed by atoms with Crippen LogP contribution in [-0.2, 0) is 9.53 Å². The maximum absolute atomic E-state index is 14.1. The van der Waals surface area contributed by atoms with E-state index in [-0.39, 0.29) is 6.61 Å². The van der Waals surface area contributed by atoms with E-state index < -0.39 is 53.0 Å². The third-order valence-electron chi connectivity index (χ3n) is 2.38. The zero-order valence-electron chi connectivity index (χ0n) is 11.8. The van der Waals surface area contributed by atoms with Crippen molar-refractivity contribution in [3.8, 4) is 5.75 Å². The molecule has 0 N–H and O–H groups in total.